The minimum absolute atomic E-state index is 0.595. The summed E-state index contributed by atoms with van der Waals surface area (Å²) in [6.45, 7) is 2.04. The van der Waals surface area contributed by atoms with Gasteiger partial charge < -0.3 is 10.6 Å². The van der Waals surface area contributed by atoms with Crippen molar-refractivity contribution in [3.63, 3.8) is 0 Å². The molecule has 1 unspecified atom stereocenters. The molecule has 5 nitrogen and oxygen atoms in total. The van der Waals surface area contributed by atoms with Gasteiger partial charge in [-0.3, -0.25) is 5.73 Å². The SMILES string of the molecule is Cc1ccc(Br)cc1C1=CC=NC(N)(Nc2ccc(C#N)cc2)N1. The van der Waals surface area contributed by atoms with Gasteiger partial charge in [0.2, 0.25) is 0 Å². The van der Waals surface area contributed by atoms with Gasteiger partial charge in [0.25, 0.3) is 5.91 Å². The number of aryl methyl sites for hydroxylation is 1. The van der Waals surface area contributed by atoms with Crippen LogP contribution in [0.1, 0.15) is 16.7 Å². The van der Waals surface area contributed by atoms with E-state index < -0.39 is 5.91 Å². The summed E-state index contributed by atoms with van der Waals surface area (Å²) in [6.07, 6.45) is 3.57. The Bertz CT molecular complexity index is 864. The Hall–Kier alpha value is -2.62. The molecular weight excluding hydrogens is 366 g/mol. The van der Waals surface area contributed by atoms with E-state index in [0.29, 0.717) is 5.56 Å². The van der Waals surface area contributed by atoms with Crippen molar-refractivity contribution in [1.29, 1.82) is 5.26 Å². The second kappa shape index (κ2) is 6.48. The number of allylic oxidation sites excluding steroid dienone is 1. The molecule has 6 heteroatoms. The molecule has 2 aromatic rings. The van der Waals surface area contributed by atoms with Crippen molar-refractivity contribution in [1.82, 2.24) is 5.32 Å². The number of benzene rings is 2. The van der Waals surface area contributed by atoms with Crippen LogP contribution in [0.4, 0.5) is 5.69 Å². The van der Waals surface area contributed by atoms with E-state index in [2.05, 4.69) is 37.6 Å². The molecule has 1 heterocycles. The fraction of sp³-hybridized carbons (Fsp3) is 0.111. The van der Waals surface area contributed by atoms with Crippen LogP contribution >= 0.6 is 15.9 Å². The molecule has 0 spiro atoms. The number of hydrogen-bond acceptors (Lipinski definition) is 5. The van der Waals surface area contributed by atoms with Crippen LogP contribution in [0.5, 0.6) is 0 Å². The molecule has 0 aromatic heterocycles. The van der Waals surface area contributed by atoms with Crippen molar-refractivity contribution in [2.45, 2.75) is 12.8 Å². The molecule has 0 fully saturated rings. The Labute approximate surface area is 149 Å². The zero-order valence-corrected chi connectivity index (χ0v) is 14.6. The average Bonchev–Trinajstić information content (AvgIpc) is 2.57. The van der Waals surface area contributed by atoms with Gasteiger partial charge in [0.05, 0.1) is 11.6 Å². The van der Waals surface area contributed by atoms with Crippen LogP contribution < -0.4 is 16.4 Å². The van der Waals surface area contributed by atoms with E-state index in [4.69, 9.17) is 11.0 Å². The molecule has 1 atom stereocenters. The van der Waals surface area contributed by atoms with E-state index in [-0.39, 0.29) is 0 Å². The summed E-state index contributed by atoms with van der Waals surface area (Å²) in [5, 5.41) is 15.3. The van der Waals surface area contributed by atoms with E-state index in [1.165, 1.54) is 0 Å². The van der Waals surface area contributed by atoms with Crippen LogP contribution in [-0.2, 0) is 0 Å². The highest BCUT2D eigenvalue weighted by atomic mass is 79.9. The number of aliphatic imine (C=N–C) groups is 1. The van der Waals surface area contributed by atoms with Crippen LogP contribution in [0.15, 0.2) is 58.0 Å². The Morgan fingerprint density at radius 3 is 2.71 bits per heavy atom. The van der Waals surface area contributed by atoms with E-state index in [9.17, 15) is 0 Å². The molecule has 24 heavy (non-hydrogen) atoms. The van der Waals surface area contributed by atoms with Crippen molar-refractivity contribution in [3.05, 3.63) is 69.7 Å². The zero-order valence-electron chi connectivity index (χ0n) is 13.0. The van der Waals surface area contributed by atoms with Gasteiger partial charge in [-0.25, -0.2) is 4.99 Å². The minimum atomic E-state index is -1.16. The van der Waals surface area contributed by atoms with Crippen LogP contribution in [0.2, 0.25) is 0 Å². The van der Waals surface area contributed by atoms with E-state index in [1.54, 1.807) is 30.5 Å². The van der Waals surface area contributed by atoms with Gasteiger partial charge in [-0.05, 0) is 55.0 Å². The molecule has 0 amide bonds. The summed E-state index contributed by atoms with van der Waals surface area (Å²) < 4.78 is 0.996. The third kappa shape index (κ3) is 3.48. The predicted octanol–water partition coefficient (Wildman–Crippen LogP) is 3.33. The van der Waals surface area contributed by atoms with E-state index in [1.807, 2.05) is 31.2 Å². The maximum atomic E-state index is 8.87. The zero-order chi connectivity index (χ0) is 17.2. The highest BCUT2D eigenvalue weighted by Crippen LogP contribution is 2.25. The van der Waals surface area contributed by atoms with Crippen LogP contribution in [0.25, 0.3) is 5.70 Å². The van der Waals surface area contributed by atoms with Gasteiger partial charge >= 0.3 is 0 Å². The standard InChI is InChI=1S/C18H16BrN5/c1-12-2-5-14(19)10-16(12)17-8-9-22-18(21,24-17)23-15-6-3-13(11-20)4-7-15/h2-10,23-24H,21H2,1H3. The third-order valence-corrected chi connectivity index (χ3v) is 4.18. The molecule has 0 bridgehead atoms. The van der Waals surface area contributed by atoms with Crippen molar-refractivity contribution >= 4 is 33.5 Å². The first-order valence-electron chi connectivity index (χ1n) is 7.36. The fourth-order valence-electron chi connectivity index (χ4n) is 2.46. The fourth-order valence-corrected chi connectivity index (χ4v) is 2.82. The molecule has 4 N–H and O–H groups in total. The number of hydrogen-bond donors (Lipinski definition) is 3. The van der Waals surface area contributed by atoms with E-state index in [0.717, 1.165) is 27.0 Å². The lowest BCUT2D eigenvalue weighted by atomic mass is 10.0. The number of nitrogens with zero attached hydrogens (tertiary/aromatic N) is 2. The van der Waals surface area contributed by atoms with Crippen molar-refractivity contribution in [2.75, 3.05) is 5.32 Å². The number of nitrogens with two attached hydrogens (primary N) is 1. The predicted molar refractivity (Wildman–Crippen MR) is 100 cm³/mol. The molecule has 2 aromatic carbocycles. The smallest absolute Gasteiger partial charge is 0.263 e. The molecule has 1 aliphatic heterocycles. The highest BCUT2D eigenvalue weighted by Gasteiger charge is 2.27. The van der Waals surface area contributed by atoms with Gasteiger partial charge in [-0.1, -0.05) is 22.0 Å². The maximum absolute atomic E-state index is 8.87. The van der Waals surface area contributed by atoms with Crippen molar-refractivity contribution < 1.29 is 0 Å². The van der Waals surface area contributed by atoms with Gasteiger partial charge in [0.15, 0.2) is 0 Å². The number of nitrogens with one attached hydrogen (secondary N) is 2. The molecule has 1 aliphatic rings. The molecular formula is C18H16BrN5. The first kappa shape index (κ1) is 16.2. The van der Waals surface area contributed by atoms with Gasteiger partial charge in [-0.15, -0.1) is 0 Å². The number of halogens is 1. The Morgan fingerprint density at radius 2 is 2.00 bits per heavy atom. The highest BCUT2D eigenvalue weighted by molar-refractivity contribution is 9.10. The second-order valence-corrected chi connectivity index (χ2v) is 6.44. The van der Waals surface area contributed by atoms with E-state index >= 15 is 0 Å². The molecule has 3 rings (SSSR count). The lowest BCUT2D eigenvalue weighted by Crippen LogP contribution is -2.58. The summed E-state index contributed by atoms with van der Waals surface area (Å²) in [5.74, 6) is -1.16. The summed E-state index contributed by atoms with van der Waals surface area (Å²) in [4.78, 5) is 4.30. The lowest BCUT2D eigenvalue weighted by Gasteiger charge is -2.33. The average molecular weight is 382 g/mol. The molecule has 120 valence electrons. The number of anilines is 1. The maximum Gasteiger partial charge on any atom is 0.263 e. The third-order valence-electron chi connectivity index (χ3n) is 3.68. The molecule has 0 saturated heterocycles. The van der Waals surface area contributed by atoms with Gasteiger partial charge in [0.1, 0.15) is 0 Å². The summed E-state index contributed by atoms with van der Waals surface area (Å²) in [7, 11) is 0. The van der Waals surface area contributed by atoms with Crippen LogP contribution in [0, 0.1) is 18.3 Å². The monoisotopic (exact) mass is 381 g/mol. The summed E-state index contributed by atoms with van der Waals surface area (Å²) >= 11 is 3.50. The van der Waals surface area contributed by atoms with Crippen molar-refractivity contribution in [2.24, 2.45) is 10.7 Å². The normalized spacial score (nSPS) is 19.2. The molecule has 0 aliphatic carbocycles. The Kier molecular flexibility index (Phi) is 4.38. The van der Waals surface area contributed by atoms with Crippen LogP contribution in [0.3, 0.4) is 0 Å². The first-order chi connectivity index (χ1) is 11.5. The summed E-state index contributed by atoms with van der Waals surface area (Å²) in [6, 6.07) is 15.2. The summed E-state index contributed by atoms with van der Waals surface area (Å²) in [5.41, 5.74) is 10.8. The molecule has 0 saturated carbocycles. The first-order valence-corrected chi connectivity index (χ1v) is 8.16. The topological polar surface area (TPSA) is 86.2 Å². The quantitative estimate of drug-likeness (QED) is 0.711. The Balaban J connectivity index is 1.83. The van der Waals surface area contributed by atoms with Crippen molar-refractivity contribution in [3.8, 4) is 6.07 Å². The largest absolute Gasteiger partial charge is 0.331 e. The van der Waals surface area contributed by atoms with Gasteiger partial charge in [0, 0.05) is 27.6 Å². The lowest BCUT2D eigenvalue weighted by molar-refractivity contribution is 0.463. The number of nitriles is 1. The molecule has 0 radical (unpaired) electrons. The number of rotatable bonds is 3. The second-order valence-electron chi connectivity index (χ2n) is 5.52. The Morgan fingerprint density at radius 1 is 1.25 bits per heavy atom. The van der Waals surface area contributed by atoms with Crippen LogP contribution in [-0.4, -0.2) is 12.1 Å². The minimum Gasteiger partial charge on any atom is -0.331 e. The van der Waals surface area contributed by atoms with Gasteiger partial charge in [-0.2, -0.15) is 5.26 Å².